The largest absolute Gasteiger partial charge is 0.455 e. The van der Waals surface area contributed by atoms with Gasteiger partial charge in [-0.15, -0.1) is 0 Å². The SMILES string of the molecule is Clc1ccc(-c2cc3ccccc3cc2Br)c2oc3ccccc3c12. The van der Waals surface area contributed by atoms with Gasteiger partial charge in [0.05, 0.1) is 5.02 Å². The Bertz CT molecular complexity index is 1270. The Morgan fingerprint density at radius 3 is 2.32 bits per heavy atom. The van der Waals surface area contributed by atoms with Crippen LogP contribution in [-0.4, -0.2) is 0 Å². The topological polar surface area (TPSA) is 13.1 Å². The lowest BCUT2D eigenvalue weighted by atomic mass is 9.99. The zero-order chi connectivity index (χ0) is 17.0. The maximum absolute atomic E-state index is 6.50. The summed E-state index contributed by atoms with van der Waals surface area (Å²) in [5, 5.41) is 5.12. The Morgan fingerprint density at radius 2 is 1.48 bits per heavy atom. The fourth-order valence-electron chi connectivity index (χ4n) is 3.42. The first-order valence-corrected chi connectivity index (χ1v) is 9.18. The van der Waals surface area contributed by atoms with Gasteiger partial charge in [0.1, 0.15) is 11.2 Å². The summed E-state index contributed by atoms with van der Waals surface area (Å²) in [7, 11) is 0. The lowest BCUT2D eigenvalue weighted by Crippen LogP contribution is -1.83. The van der Waals surface area contributed by atoms with Crippen molar-refractivity contribution in [3.8, 4) is 11.1 Å². The molecule has 0 amide bonds. The van der Waals surface area contributed by atoms with E-state index in [1.807, 2.05) is 42.5 Å². The van der Waals surface area contributed by atoms with Gasteiger partial charge in [0.15, 0.2) is 0 Å². The summed E-state index contributed by atoms with van der Waals surface area (Å²) >= 11 is 10.2. The number of fused-ring (bicyclic) bond motifs is 4. The molecule has 0 atom stereocenters. The minimum atomic E-state index is 0.709. The van der Waals surface area contributed by atoms with Gasteiger partial charge in [0.2, 0.25) is 0 Å². The molecule has 5 aromatic rings. The number of rotatable bonds is 1. The zero-order valence-corrected chi connectivity index (χ0v) is 15.4. The molecule has 0 aliphatic rings. The molecule has 1 heterocycles. The number of hydrogen-bond acceptors (Lipinski definition) is 1. The first kappa shape index (κ1) is 15.0. The molecule has 25 heavy (non-hydrogen) atoms. The average Bonchev–Trinajstić information content (AvgIpc) is 3.02. The van der Waals surface area contributed by atoms with E-state index >= 15 is 0 Å². The van der Waals surface area contributed by atoms with E-state index in [0.717, 1.165) is 37.5 Å². The molecule has 0 unspecified atom stereocenters. The molecule has 0 bridgehead atoms. The molecule has 120 valence electrons. The van der Waals surface area contributed by atoms with Gasteiger partial charge in [-0.3, -0.25) is 0 Å². The summed E-state index contributed by atoms with van der Waals surface area (Å²) in [5.74, 6) is 0. The molecule has 0 saturated carbocycles. The number of benzene rings is 4. The van der Waals surface area contributed by atoms with Gasteiger partial charge < -0.3 is 4.42 Å². The lowest BCUT2D eigenvalue weighted by Gasteiger charge is -2.09. The molecule has 0 saturated heterocycles. The molecular formula is C22H12BrClO. The zero-order valence-electron chi connectivity index (χ0n) is 13.1. The summed E-state index contributed by atoms with van der Waals surface area (Å²) in [4.78, 5) is 0. The van der Waals surface area contributed by atoms with E-state index in [9.17, 15) is 0 Å². The van der Waals surface area contributed by atoms with Crippen molar-refractivity contribution in [1.82, 2.24) is 0 Å². The maximum Gasteiger partial charge on any atom is 0.144 e. The highest BCUT2D eigenvalue weighted by Crippen LogP contribution is 2.42. The Morgan fingerprint density at radius 1 is 0.760 bits per heavy atom. The van der Waals surface area contributed by atoms with Crippen LogP contribution < -0.4 is 0 Å². The third kappa shape index (κ3) is 2.29. The fraction of sp³-hybridized carbons (Fsp3) is 0. The van der Waals surface area contributed by atoms with Gasteiger partial charge >= 0.3 is 0 Å². The van der Waals surface area contributed by atoms with Crippen LogP contribution in [0.1, 0.15) is 0 Å². The van der Waals surface area contributed by atoms with Crippen LogP contribution in [0.3, 0.4) is 0 Å². The molecule has 0 aliphatic heterocycles. The molecule has 0 N–H and O–H groups in total. The standard InChI is InChI=1S/C22H12BrClO/c23-18-12-14-6-2-1-5-13(14)11-17(18)15-9-10-19(24)21-16-7-3-4-8-20(16)25-22(15)21/h1-12H. The molecule has 4 aromatic carbocycles. The van der Waals surface area contributed by atoms with Crippen LogP contribution >= 0.6 is 27.5 Å². The predicted molar refractivity (Wildman–Crippen MR) is 109 cm³/mol. The normalized spacial score (nSPS) is 11.6. The first-order valence-electron chi connectivity index (χ1n) is 8.01. The van der Waals surface area contributed by atoms with E-state index in [1.165, 1.54) is 10.8 Å². The number of halogens is 2. The minimum absolute atomic E-state index is 0.709. The fourth-order valence-corrected chi connectivity index (χ4v) is 4.24. The van der Waals surface area contributed by atoms with Crippen LogP contribution in [0, 0.1) is 0 Å². The van der Waals surface area contributed by atoms with Crippen LogP contribution in [0.5, 0.6) is 0 Å². The van der Waals surface area contributed by atoms with E-state index in [1.54, 1.807) is 0 Å². The Balaban J connectivity index is 1.90. The van der Waals surface area contributed by atoms with E-state index < -0.39 is 0 Å². The van der Waals surface area contributed by atoms with E-state index in [-0.39, 0.29) is 0 Å². The van der Waals surface area contributed by atoms with Crippen molar-refractivity contribution in [1.29, 1.82) is 0 Å². The summed E-state index contributed by atoms with van der Waals surface area (Å²) < 4.78 is 7.22. The van der Waals surface area contributed by atoms with Gasteiger partial charge in [-0.1, -0.05) is 70.0 Å². The monoisotopic (exact) mass is 406 g/mol. The lowest BCUT2D eigenvalue weighted by molar-refractivity contribution is 0.670. The van der Waals surface area contributed by atoms with E-state index in [2.05, 4.69) is 46.3 Å². The number of para-hydroxylation sites is 1. The summed E-state index contributed by atoms with van der Waals surface area (Å²) in [5.41, 5.74) is 3.81. The molecule has 0 radical (unpaired) electrons. The van der Waals surface area contributed by atoms with Crippen molar-refractivity contribution in [2.24, 2.45) is 0 Å². The second-order valence-corrected chi connectivity index (χ2v) is 7.34. The summed E-state index contributed by atoms with van der Waals surface area (Å²) in [6, 6.07) is 24.7. The highest BCUT2D eigenvalue weighted by Gasteiger charge is 2.16. The van der Waals surface area contributed by atoms with Crippen molar-refractivity contribution in [2.45, 2.75) is 0 Å². The van der Waals surface area contributed by atoms with Crippen molar-refractivity contribution < 1.29 is 4.42 Å². The minimum Gasteiger partial charge on any atom is -0.455 e. The van der Waals surface area contributed by atoms with Crippen molar-refractivity contribution in [3.05, 3.63) is 82.3 Å². The molecule has 0 fully saturated rings. The second kappa shape index (κ2) is 5.62. The van der Waals surface area contributed by atoms with Crippen molar-refractivity contribution >= 4 is 60.2 Å². The van der Waals surface area contributed by atoms with Crippen molar-refractivity contribution in [3.63, 3.8) is 0 Å². The number of furan rings is 1. The Labute approximate surface area is 157 Å². The van der Waals surface area contributed by atoms with Crippen LogP contribution in [0.25, 0.3) is 43.8 Å². The van der Waals surface area contributed by atoms with Crippen LogP contribution in [-0.2, 0) is 0 Å². The highest BCUT2D eigenvalue weighted by molar-refractivity contribution is 9.10. The quantitative estimate of drug-likeness (QED) is 0.276. The maximum atomic E-state index is 6.50. The van der Waals surface area contributed by atoms with Gasteiger partial charge in [0.25, 0.3) is 0 Å². The highest BCUT2D eigenvalue weighted by atomic mass is 79.9. The average molecular weight is 408 g/mol. The predicted octanol–water partition coefficient (Wildman–Crippen LogP) is 7.82. The molecule has 1 nitrogen and oxygen atoms in total. The van der Waals surface area contributed by atoms with E-state index in [0.29, 0.717) is 5.02 Å². The second-order valence-electron chi connectivity index (χ2n) is 6.08. The molecule has 5 rings (SSSR count). The Kier molecular flexibility index (Phi) is 3.37. The van der Waals surface area contributed by atoms with Crippen LogP contribution in [0.2, 0.25) is 5.02 Å². The molecule has 0 aliphatic carbocycles. The smallest absolute Gasteiger partial charge is 0.144 e. The Hall–Kier alpha value is -2.29. The van der Waals surface area contributed by atoms with Crippen molar-refractivity contribution in [2.75, 3.05) is 0 Å². The third-order valence-electron chi connectivity index (χ3n) is 4.60. The third-order valence-corrected chi connectivity index (χ3v) is 5.57. The summed E-state index contributed by atoms with van der Waals surface area (Å²) in [6.45, 7) is 0. The molecular weight excluding hydrogens is 396 g/mol. The van der Waals surface area contributed by atoms with Crippen LogP contribution in [0.4, 0.5) is 0 Å². The van der Waals surface area contributed by atoms with E-state index in [4.69, 9.17) is 16.0 Å². The summed E-state index contributed by atoms with van der Waals surface area (Å²) in [6.07, 6.45) is 0. The van der Waals surface area contributed by atoms with Crippen LogP contribution in [0.15, 0.2) is 81.7 Å². The van der Waals surface area contributed by atoms with Gasteiger partial charge in [-0.05, 0) is 41.1 Å². The van der Waals surface area contributed by atoms with Gasteiger partial charge in [0, 0.05) is 26.4 Å². The molecule has 3 heteroatoms. The van der Waals surface area contributed by atoms with Gasteiger partial charge in [-0.2, -0.15) is 0 Å². The number of hydrogen-bond donors (Lipinski definition) is 0. The molecule has 1 aromatic heterocycles. The first-order chi connectivity index (χ1) is 12.2. The molecule has 0 spiro atoms. The van der Waals surface area contributed by atoms with Gasteiger partial charge in [-0.25, -0.2) is 0 Å².